The molecule has 0 aromatic carbocycles. The molecule has 0 spiro atoms. The monoisotopic (exact) mass is 265 g/mol. The highest BCUT2D eigenvalue weighted by molar-refractivity contribution is 5.93. The van der Waals surface area contributed by atoms with Crippen molar-refractivity contribution in [2.45, 2.75) is 18.6 Å². The summed E-state index contributed by atoms with van der Waals surface area (Å²) in [6.45, 7) is 1.40. The van der Waals surface area contributed by atoms with E-state index in [4.69, 9.17) is 4.74 Å². The SMILES string of the molecule is CN[C@@H]1CCN(c2ncccc2C(=O)O)C[C@@H]1OC. The number of carboxylic acid groups (broad SMARTS) is 1. The molecular formula is C13H19N3O3. The van der Waals surface area contributed by atoms with E-state index in [2.05, 4.69) is 10.3 Å². The number of pyridine rings is 1. The first kappa shape index (κ1) is 13.8. The third-order valence-electron chi connectivity index (χ3n) is 3.55. The van der Waals surface area contributed by atoms with Crippen molar-refractivity contribution in [1.29, 1.82) is 0 Å². The number of aromatic carboxylic acids is 1. The maximum Gasteiger partial charge on any atom is 0.339 e. The van der Waals surface area contributed by atoms with Crippen LogP contribution in [0.5, 0.6) is 0 Å². The smallest absolute Gasteiger partial charge is 0.339 e. The highest BCUT2D eigenvalue weighted by atomic mass is 16.5. The summed E-state index contributed by atoms with van der Waals surface area (Å²) in [7, 11) is 3.59. The van der Waals surface area contributed by atoms with Gasteiger partial charge in [0.15, 0.2) is 0 Å². The average molecular weight is 265 g/mol. The zero-order chi connectivity index (χ0) is 13.8. The number of rotatable bonds is 4. The Hall–Kier alpha value is -1.66. The van der Waals surface area contributed by atoms with Gasteiger partial charge in [-0.1, -0.05) is 0 Å². The molecule has 1 fully saturated rings. The quantitative estimate of drug-likeness (QED) is 0.830. The summed E-state index contributed by atoms with van der Waals surface area (Å²) in [5.41, 5.74) is 0.236. The van der Waals surface area contributed by atoms with Crippen molar-refractivity contribution in [1.82, 2.24) is 10.3 Å². The van der Waals surface area contributed by atoms with Crippen LogP contribution < -0.4 is 10.2 Å². The maximum atomic E-state index is 11.2. The molecule has 0 bridgehead atoms. The second kappa shape index (κ2) is 5.99. The van der Waals surface area contributed by atoms with Gasteiger partial charge in [-0.05, 0) is 25.6 Å². The minimum absolute atomic E-state index is 0.0300. The Morgan fingerprint density at radius 1 is 1.63 bits per heavy atom. The van der Waals surface area contributed by atoms with E-state index in [9.17, 15) is 9.90 Å². The normalized spacial score (nSPS) is 23.4. The van der Waals surface area contributed by atoms with Gasteiger partial charge in [-0.25, -0.2) is 9.78 Å². The fraction of sp³-hybridized carbons (Fsp3) is 0.538. The molecule has 2 N–H and O–H groups in total. The molecule has 1 saturated heterocycles. The number of likely N-dealkylation sites (N-methyl/N-ethyl adjacent to an activating group) is 1. The molecule has 2 atom stereocenters. The topological polar surface area (TPSA) is 74.7 Å². The number of hydrogen-bond acceptors (Lipinski definition) is 5. The van der Waals surface area contributed by atoms with Gasteiger partial charge in [-0.15, -0.1) is 0 Å². The summed E-state index contributed by atoms with van der Waals surface area (Å²) in [5, 5.41) is 12.4. The number of carboxylic acids is 1. The fourth-order valence-corrected chi connectivity index (χ4v) is 2.49. The molecule has 0 radical (unpaired) electrons. The molecule has 0 saturated carbocycles. The van der Waals surface area contributed by atoms with Crippen LogP contribution in [0.1, 0.15) is 16.8 Å². The molecule has 6 heteroatoms. The van der Waals surface area contributed by atoms with Gasteiger partial charge in [0.05, 0.1) is 6.10 Å². The molecule has 19 heavy (non-hydrogen) atoms. The maximum absolute atomic E-state index is 11.2. The van der Waals surface area contributed by atoms with Crippen molar-refractivity contribution in [3.63, 3.8) is 0 Å². The third-order valence-corrected chi connectivity index (χ3v) is 3.55. The number of piperidine rings is 1. The third kappa shape index (κ3) is 2.85. The van der Waals surface area contributed by atoms with E-state index in [1.54, 1.807) is 25.4 Å². The second-order valence-corrected chi connectivity index (χ2v) is 4.58. The van der Waals surface area contributed by atoms with Crippen LogP contribution in [-0.2, 0) is 4.74 Å². The van der Waals surface area contributed by atoms with Crippen molar-refractivity contribution in [3.05, 3.63) is 23.9 Å². The highest BCUT2D eigenvalue weighted by Crippen LogP contribution is 2.23. The molecule has 0 amide bonds. The van der Waals surface area contributed by atoms with Gasteiger partial charge in [0.25, 0.3) is 0 Å². The molecule has 2 heterocycles. The minimum Gasteiger partial charge on any atom is -0.478 e. The summed E-state index contributed by atoms with van der Waals surface area (Å²) in [6.07, 6.45) is 2.54. The number of hydrogen-bond donors (Lipinski definition) is 2. The molecule has 1 aliphatic rings. The van der Waals surface area contributed by atoms with Crippen LogP contribution in [0, 0.1) is 0 Å². The van der Waals surface area contributed by atoms with Crippen LogP contribution in [0.2, 0.25) is 0 Å². The van der Waals surface area contributed by atoms with E-state index in [0.717, 1.165) is 13.0 Å². The van der Waals surface area contributed by atoms with Crippen molar-refractivity contribution >= 4 is 11.8 Å². The lowest BCUT2D eigenvalue weighted by atomic mass is 10.0. The fourth-order valence-electron chi connectivity index (χ4n) is 2.49. The van der Waals surface area contributed by atoms with Crippen LogP contribution in [0.25, 0.3) is 0 Å². The number of methoxy groups -OCH3 is 1. The van der Waals surface area contributed by atoms with Crippen LogP contribution >= 0.6 is 0 Å². The Kier molecular flexibility index (Phi) is 4.34. The van der Waals surface area contributed by atoms with Crippen molar-refractivity contribution in [2.24, 2.45) is 0 Å². The van der Waals surface area contributed by atoms with Crippen LogP contribution in [0.3, 0.4) is 0 Å². The Bertz CT molecular complexity index is 453. The Labute approximate surface area is 112 Å². The number of anilines is 1. The number of nitrogens with zero attached hydrogens (tertiary/aromatic N) is 2. The summed E-state index contributed by atoms with van der Waals surface area (Å²) >= 11 is 0. The number of ether oxygens (including phenoxy) is 1. The number of nitrogens with one attached hydrogen (secondary N) is 1. The first-order valence-electron chi connectivity index (χ1n) is 6.30. The lowest BCUT2D eigenvalue weighted by molar-refractivity contribution is 0.0620. The van der Waals surface area contributed by atoms with E-state index >= 15 is 0 Å². The average Bonchev–Trinajstić information content (AvgIpc) is 2.46. The van der Waals surface area contributed by atoms with Gasteiger partial charge >= 0.3 is 5.97 Å². The molecular weight excluding hydrogens is 246 g/mol. The Balaban J connectivity index is 2.21. The Morgan fingerprint density at radius 3 is 3.05 bits per heavy atom. The first-order chi connectivity index (χ1) is 9.17. The molecule has 1 aromatic rings. The molecule has 1 aromatic heterocycles. The van der Waals surface area contributed by atoms with Crippen molar-refractivity contribution in [2.75, 3.05) is 32.1 Å². The molecule has 104 valence electrons. The molecule has 6 nitrogen and oxygen atoms in total. The predicted molar refractivity (Wildman–Crippen MR) is 71.7 cm³/mol. The van der Waals surface area contributed by atoms with Gasteiger partial charge < -0.3 is 20.1 Å². The van der Waals surface area contributed by atoms with Crippen molar-refractivity contribution < 1.29 is 14.6 Å². The van der Waals surface area contributed by atoms with E-state index in [-0.39, 0.29) is 11.7 Å². The van der Waals surface area contributed by atoms with Crippen molar-refractivity contribution in [3.8, 4) is 0 Å². The zero-order valence-corrected chi connectivity index (χ0v) is 11.2. The minimum atomic E-state index is -0.951. The highest BCUT2D eigenvalue weighted by Gasteiger charge is 2.30. The summed E-state index contributed by atoms with van der Waals surface area (Å²) < 4.78 is 5.47. The summed E-state index contributed by atoms with van der Waals surface area (Å²) in [5.74, 6) is -0.431. The second-order valence-electron chi connectivity index (χ2n) is 4.58. The van der Waals surface area contributed by atoms with E-state index in [1.807, 2.05) is 11.9 Å². The van der Waals surface area contributed by atoms with E-state index in [0.29, 0.717) is 18.4 Å². The molecule has 0 aliphatic carbocycles. The predicted octanol–water partition coefficient (Wildman–Crippen LogP) is 0.593. The van der Waals surface area contributed by atoms with Gasteiger partial charge in [0.2, 0.25) is 0 Å². The number of carbonyl (C=O) groups is 1. The van der Waals surface area contributed by atoms with E-state index in [1.165, 1.54) is 0 Å². The zero-order valence-electron chi connectivity index (χ0n) is 11.2. The largest absolute Gasteiger partial charge is 0.478 e. The van der Waals surface area contributed by atoms with Gasteiger partial charge in [-0.2, -0.15) is 0 Å². The van der Waals surface area contributed by atoms with Crippen LogP contribution in [-0.4, -0.2) is 55.5 Å². The summed E-state index contributed by atoms with van der Waals surface area (Å²) in [4.78, 5) is 17.4. The van der Waals surface area contributed by atoms with Gasteiger partial charge in [0.1, 0.15) is 11.4 Å². The lowest BCUT2D eigenvalue weighted by Gasteiger charge is -2.38. The molecule has 0 unspecified atom stereocenters. The molecule has 1 aliphatic heterocycles. The van der Waals surface area contributed by atoms with Gasteiger partial charge in [0, 0.05) is 32.4 Å². The van der Waals surface area contributed by atoms with Crippen LogP contribution in [0.15, 0.2) is 18.3 Å². The number of aromatic nitrogens is 1. The molecule has 2 rings (SSSR count). The first-order valence-corrected chi connectivity index (χ1v) is 6.30. The Morgan fingerprint density at radius 2 is 2.42 bits per heavy atom. The van der Waals surface area contributed by atoms with Crippen LogP contribution in [0.4, 0.5) is 5.82 Å². The lowest BCUT2D eigenvalue weighted by Crippen LogP contribution is -2.53. The van der Waals surface area contributed by atoms with Gasteiger partial charge in [-0.3, -0.25) is 0 Å². The standard InChI is InChI=1S/C13H19N3O3/c1-14-10-5-7-16(8-11(10)19-2)12-9(13(17)18)4-3-6-15-12/h3-4,6,10-11,14H,5,7-8H2,1-2H3,(H,17,18)/t10-,11+/m1/s1. The summed E-state index contributed by atoms with van der Waals surface area (Å²) in [6, 6.07) is 3.51. The van der Waals surface area contributed by atoms with E-state index < -0.39 is 5.97 Å².